The summed E-state index contributed by atoms with van der Waals surface area (Å²) >= 11 is 0. The van der Waals surface area contributed by atoms with Crippen molar-refractivity contribution in [3.8, 4) is 0 Å². The van der Waals surface area contributed by atoms with Crippen molar-refractivity contribution in [2.24, 2.45) is 5.92 Å². The first kappa shape index (κ1) is 17.9. The normalized spacial score (nSPS) is 26.4. The Morgan fingerprint density at radius 1 is 1.15 bits per heavy atom. The van der Waals surface area contributed by atoms with Crippen molar-refractivity contribution in [3.63, 3.8) is 0 Å². The van der Waals surface area contributed by atoms with E-state index in [1.807, 2.05) is 0 Å². The van der Waals surface area contributed by atoms with Gasteiger partial charge in [0.05, 0.1) is 11.2 Å². The smallest absolute Gasteiger partial charge is 0.0787 e. The summed E-state index contributed by atoms with van der Waals surface area (Å²) in [6.07, 6.45) is 3.58. The quantitative estimate of drug-likeness (QED) is 0.776. The van der Waals surface area contributed by atoms with Crippen molar-refractivity contribution in [3.05, 3.63) is 0 Å². The summed E-state index contributed by atoms with van der Waals surface area (Å²) in [6, 6.07) is 1.04. The minimum atomic E-state index is -0.0751. The fourth-order valence-electron chi connectivity index (χ4n) is 3.75. The van der Waals surface area contributed by atoms with Crippen LogP contribution in [0.25, 0.3) is 0 Å². The van der Waals surface area contributed by atoms with E-state index in [0.717, 1.165) is 18.9 Å². The van der Waals surface area contributed by atoms with Crippen molar-refractivity contribution in [1.29, 1.82) is 0 Å². The van der Waals surface area contributed by atoms with Gasteiger partial charge in [0.1, 0.15) is 0 Å². The largest absolute Gasteiger partial charge is 0.368 e. The SMILES string of the molecule is CCC(CC)C(CNC1CC(C)(C)OC1(C)C)N(C)C. The molecule has 0 aromatic carbocycles. The molecule has 0 aliphatic carbocycles. The molecule has 1 rings (SSSR count). The maximum absolute atomic E-state index is 6.18. The number of rotatable bonds is 7. The number of nitrogens with zero attached hydrogens (tertiary/aromatic N) is 1. The highest BCUT2D eigenvalue weighted by Gasteiger charge is 2.45. The second-order valence-electron chi connectivity index (χ2n) is 7.74. The van der Waals surface area contributed by atoms with E-state index in [9.17, 15) is 0 Å². The van der Waals surface area contributed by atoms with Gasteiger partial charge in [-0.05, 0) is 54.1 Å². The van der Waals surface area contributed by atoms with Crippen molar-refractivity contribution < 1.29 is 4.74 Å². The van der Waals surface area contributed by atoms with E-state index in [2.05, 4.69) is 65.9 Å². The maximum atomic E-state index is 6.18. The topological polar surface area (TPSA) is 24.5 Å². The molecule has 1 aliphatic rings. The van der Waals surface area contributed by atoms with Crippen LogP contribution in [0.4, 0.5) is 0 Å². The molecule has 3 nitrogen and oxygen atoms in total. The van der Waals surface area contributed by atoms with Gasteiger partial charge in [-0.2, -0.15) is 0 Å². The monoisotopic (exact) mass is 284 g/mol. The third-order valence-electron chi connectivity index (χ3n) is 4.90. The van der Waals surface area contributed by atoms with Crippen LogP contribution in [-0.2, 0) is 4.74 Å². The molecule has 0 bridgehead atoms. The molecule has 1 saturated heterocycles. The molecule has 1 fully saturated rings. The Kier molecular flexibility index (Phi) is 6.06. The lowest BCUT2D eigenvalue weighted by Gasteiger charge is -2.34. The molecule has 0 spiro atoms. The van der Waals surface area contributed by atoms with E-state index < -0.39 is 0 Å². The van der Waals surface area contributed by atoms with Crippen LogP contribution in [0.2, 0.25) is 0 Å². The van der Waals surface area contributed by atoms with Crippen LogP contribution in [-0.4, -0.2) is 48.8 Å². The molecule has 0 aromatic heterocycles. The molecule has 120 valence electrons. The lowest BCUT2D eigenvalue weighted by atomic mass is 9.91. The molecule has 0 amide bonds. The van der Waals surface area contributed by atoms with E-state index in [1.54, 1.807) is 0 Å². The molecule has 0 saturated carbocycles. The molecule has 0 radical (unpaired) electrons. The van der Waals surface area contributed by atoms with E-state index in [-0.39, 0.29) is 11.2 Å². The summed E-state index contributed by atoms with van der Waals surface area (Å²) in [5.41, 5.74) is -0.0853. The molecule has 2 unspecified atom stereocenters. The lowest BCUT2D eigenvalue weighted by Crippen LogP contribution is -2.50. The van der Waals surface area contributed by atoms with Gasteiger partial charge in [0.2, 0.25) is 0 Å². The molecular weight excluding hydrogens is 248 g/mol. The third-order valence-corrected chi connectivity index (χ3v) is 4.90. The first-order chi connectivity index (χ1) is 9.13. The summed E-state index contributed by atoms with van der Waals surface area (Å²) in [4.78, 5) is 2.37. The minimum absolute atomic E-state index is 0.0102. The molecule has 1 heterocycles. The van der Waals surface area contributed by atoms with Crippen LogP contribution in [0, 0.1) is 5.92 Å². The summed E-state index contributed by atoms with van der Waals surface area (Å²) < 4.78 is 6.18. The standard InChI is InChI=1S/C17H36N2O/c1-9-13(10-2)14(19(7)8)12-18-15-11-16(3,4)20-17(15,5)6/h13-15,18H,9-12H2,1-8H3. The molecule has 1 N–H and O–H groups in total. The van der Waals surface area contributed by atoms with Gasteiger partial charge in [-0.3, -0.25) is 0 Å². The van der Waals surface area contributed by atoms with Gasteiger partial charge in [0, 0.05) is 18.6 Å². The Labute approximate surface area is 126 Å². The van der Waals surface area contributed by atoms with Gasteiger partial charge >= 0.3 is 0 Å². The maximum Gasteiger partial charge on any atom is 0.0787 e. The van der Waals surface area contributed by atoms with Gasteiger partial charge in [0.25, 0.3) is 0 Å². The molecule has 1 aliphatic heterocycles. The molecule has 2 atom stereocenters. The number of ether oxygens (including phenoxy) is 1. The van der Waals surface area contributed by atoms with E-state index in [4.69, 9.17) is 4.74 Å². The highest BCUT2D eigenvalue weighted by molar-refractivity contribution is 4.99. The zero-order valence-corrected chi connectivity index (χ0v) is 14.9. The summed E-state index contributed by atoms with van der Waals surface area (Å²) in [7, 11) is 4.40. The van der Waals surface area contributed by atoms with Crippen LogP contribution < -0.4 is 5.32 Å². The van der Waals surface area contributed by atoms with Crippen LogP contribution in [0.15, 0.2) is 0 Å². The van der Waals surface area contributed by atoms with E-state index in [0.29, 0.717) is 12.1 Å². The van der Waals surface area contributed by atoms with Crippen LogP contribution in [0.5, 0.6) is 0 Å². The van der Waals surface area contributed by atoms with Crippen molar-refractivity contribution in [2.45, 2.75) is 84.1 Å². The van der Waals surface area contributed by atoms with Gasteiger partial charge in [0.15, 0.2) is 0 Å². The van der Waals surface area contributed by atoms with Crippen molar-refractivity contribution >= 4 is 0 Å². The van der Waals surface area contributed by atoms with Gasteiger partial charge < -0.3 is 15.0 Å². The first-order valence-corrected chi connectivity index (χ1v) is 8.23. The number of nitrogens with one attached hydrogen (secondary N) is 1. The Morgan fingerprint density at radius 2 is 1.70 bits per heavy atom. The summed E-state index contributed by atoms with van der Waals surface area (Å²) in [5.74, 6) is 0.760. The van der Waals surface area contributed by atoms with E-state index in [1.165, 1.54) is 12.8 Å². The highest BCUT2D eigenvalue weighted by atomic mass is 16.5. The number of likely N-dealkylation sites (N-methyl/N-ethyl adjacent to an activating group) is 1. The Morgan fingerprint density at radius 3 is 2.05 bits per heavy atom. The highest BCUT2D eigenvalue weighted by Crippen LogP contribution is 2.37. The zero-order valence-electron chi connectivity index (χ0n) is 14.9. The summed E-state index contributed by atoms with van der Waals surface area (Å²) in [6.45, 7) is 14.5. The molecule has 0 aromatic rings. The average molecular weight is 284 g/mol. The predicted octanol–water partition coefficient (Wildman–Crippen LogP) is 3.29. The minimum Gasteiger partial charge on any atom is -0.368 e. The summed E-state index contributed by atoms with van der Waals surface area (Å²) in [5, 5.41) is 3.79. The average Bonchev–Trinajstić information content (AvgIpc) is 2.51. The molecular formula is C17H36N2O. The van der Waals surface area contributed by atoms with E-state index >= 15 is 0 Å². The fraction of sp³-hybridized carbons (Fsp3) is 1.00. The van der Waals surface area contributed by atoms with Gasteiger partial charge in [-0.1, -0.05) is 26.7 Å². The van der Waals surface area contributed by atoms with Gasteiger partial charge in [-0.15, -0.1) is 0 Å². The Balaban J connectivity index is 2.64. The predicted molar refractivity (Wildman–Crippen MR) is 87.2 cm³/mol. The van der Waals surface area contributed by atoms with Crippen LogP contribution in [0.3, 0.4) is 0 Å². The zero-order chi connectivity index (χ0) is 15.6. The molecule has 3 heteroatoms. The molecule has 20 heavy (non-hydrogen) atoms. The van der Waals surface area contributed by atoms with Crippen LogP contribution >= 0.6 is 0 Å². The Bertz CT molecular complexity index is 293. The number of hydrogen-bond acceptors (Lipinski definition) is 3. The lowest BCUT2D eigenvalue weighted by molar-refractivity contribution is -0.0701. The van der Waals surface area contributed by atoms with Gasteiger partial charge in [-0.25, -0.2) is 0 Å². The fourth-order valence-corrected chi connectivity index (χ4v) is 3.75. The van der Waals surface area contributed by atoms with Crippen molar-refractivity contribution in [2.75, 3.05) is 20.6 Å². The van der Waals surface area contributed by atoms with Crippen LogP contribution in [0.1, 0.15) is 60.8 Å². The second kappa shape index (κ2) is 6.76. The number of hydrogen-bond donors (Lipinski definition) is 1. The Hall–Kier alpha value is -0.120. The third kappa shape index (κ3) is 4.44. The van der Waals surface area contributed by atoms with Crippen molar-refractivity contribution in [1.82, 2.24) is 10.2 Å². The first-order valence-electron chi connectivity index (χ1n) is 8.23. The second-order valence-corrected chi connectivity index (χ2v) is 7.74.